The molecule has 106 valence electrons. The first-order valence-electron chi connectivity index (χ1n) is 7.13. The zero-order valence-corrected chi connectivity index (χ0v) is 12.9. The summed E-state index contributed by atoms with van der Waals surface area (Å²) in [4.78, 5) is 4.58. The number of halogens is 1. The number of hydrogen-bond donors (Lipinski definition) is 1. The molecule has 1 saturated carbocycles. The van der Waals surface area contributed by atoms with Crippen molar-refractivity contribution in [2.75, 3.05) is 5.73 Å². The van der Waals surface area contributed by atoms with Crippen LogP contribution in [0.3, 0.4) is 0 Å². The van der Waals surface area contributed by atoms with Gasteiger partial charge in [-0.25, -0.2) is 0 Å². The molecule has 0 radical (unpaired) electrons. The molecule has 1 heterocycles. The quantitative estimate of drug-likeness (QED) is 0.647. The van der Waals surface area contributed by atoms with Crippen molar-refractivity contribution in [2.24, 2.45) is 0 Å². The Kier molecular flexibility index (Phi) is 4.05. The average Bonchev–Trinajstić information content (AvgIpc) is 2.78. The molecular weight excluding hydrogens is 318 g/mol. The van der Waals surface area contributed by atoms with Gasteiger partial charge in [0, 0.05) is 21.6 Å². The van der Waals surface area contributed by atoms with Crippen molar-refractivity contribution in [2.45, 2.75) is 44.4 Å². The molecule has 2 aromatic rings. The third-order valence-electron chi connectivity index (χ3n) is 3.91. The molecular formula is C15H18BrN3O. The first kappa shape index (κ1) is 13.6. The minimum absolute atomic E-state index is 0.451. The fourth-order valence-electron chi connectivity index (χ4n) is 2.72. The number of benzene rings is 1. The van der Waals surface area contributed by atoms with E-state index in [2.05, 4.69) is 26.1 Å². The minimum Gasteiger partial charge on any atom is -0.398 e. The van der Waals surface area contributed by atoms with E-state index in [-0.39, 0.29) is 0 Å². The van der Waals surface area contributed by atoms with Crippen molar-refractivity contribution in [1.82, 2.24) is 10.1 Å². The average molecular weight is 336 g/mol. The molecule has 1 aromatic carbocycles. The Morgan fingerprint density at radius 1 is 1.15 bits per heavy atom. The van der Waals surface area contributed by atoms with E-state index in [1.54, 1.807) is 0 Å². The van der Waals surface area contributed by atoms with E-state index in [4.69, 9.17) is 10.3 Å². The number of rotatable bonds is 2. The number of hydrogen-bond acceptors (Lipinski definition) is 4. The summed E-state index contributed by atoms with van der Waals surface area (Å²) < 4.78 is 6.27. The second-order valence-electron chi connectivity index (χ2n) is 5.38. The van der Waals surface area contributed by atoms with Crippen molar-refractivity contribution in [3.8, 4) is 11.5 Å². The standard InChI is InChI=1S/C15H18BrN3O/c16-12-9-11(7-8-13(12)17)15-18-14(19-20-15)10-5-3-1-2-4-6-10/h7-10H,1-6,17H2. The number of anilines is 1. The molecule has 0 saturated heterocycles. The van der Waals surface area contributed by atoms with Gasteiger partial charge in [-0.05, 0) is 47.0 Å². The molecule has 0 aliphatic heterocycles. The van der Waals surface area contributed by atoms with Crippen molar-refractivity contribution in [3.63, 3.8) is 0 Å². The summed E-state index contributed by atoms with van der Waals surface area (Å²) >= 11 is 3.42. The summed E-state index contributed by atoms with van der Waals surface area (Å²) in [5.41, 5.74) is 7.40. The normalized spacial score (nSPS) is 17.1. The highest BCUT2D eigenvalue weighted by Gasteiger charge is 2.20. The van der Waals surface area contributed by atoms with Gasteiger partial charge in [0.2, 0.25) is 0 Å². The third kappa shape index (κ3) is 2.87. The maximum Gasteiger partial charge on any atom is 0.257 e. The lowest BCUT2D eigenvalue weighted by molar-refractivity contribution is 0.410. The second kappa shape index (κ2) is 5.95. The summed E-state index contributed by atoms with van der Waals surface area (Å²) in [6.45, 7) is 0. The van der Waals surface area contributed by atoms with Crippen LogP contribution in [0.4, 0.5) is 5.69 Å². The molecule has 1 aliphatic rings. The molecule has 0 bridgehead atoms. The van der Waals surface area contributed by atoms with Crippen molar-refractivity contribution in [1.29, 1.82) is 0 Å². The summed E-state index contributed by atoms with van der Waals surface area (Å²) in [7, 11) is 0. The number of nitrogens with zero attached hydrogens (tertiary/aromatic N) is 2. The Hall–Kier alpha value is -1.36. The zero-order valence-electron chi connectivity index (χ0n) is 11.3. The lowest BCUT2D eigenvalue weighted by atomic mass is 10.00. The highest BCUT2D eigenvalue weighted by molar-refractivity contribution is 9.10. The van der Waals surface area contributed by atoms with Crippen molar-refractivity contribution >= 4 is 21.6 Å². The van der Waals surface area contributed by atoms with Crippen molar-refractivity contribution < 1.29 is 4.52 Å². The van der Waals surface area contributed by atoms with Gasteiger partial charge in [0.25, 0.3) is 5.89 Å². The number of nitrogen functional groups attached to an aromatic ring is 1. The van der Waals surface area contributed by atoms with Crippen LogP contribution in [0.1, 0.15) is 50.3 Å². The van der Waals surface area contributed by atoms with Gasteiger partial charge in [-0.1, -0.05) is 30.8 Å². The van der Waals surface area contributed by atoms with E-state index in [1.807, 2.05) is 18.2 Å². The van der Waals surface area contributed by atoms with Gasteiger partial charge in [-0.15, -0.1) is 0 Å². The number of nitrogens with two attached hydrogens (primary N) is 1. The molecule has 4 nitrogen and oxygen atoms in total. The predicted octanol–water partition coefficient (Wildman–Crippen LogP) is 4.52. The van der Waals surface area contributed by atoms with Crippen LogP contribution >= 0.6 is 15.9 Å². The van der Waals surface area contributed by atoms with E-state index < -0.39 is 0 Å². The molecule has 0 unspecified atom stereocenters. The molecule has 2 N–H and O–H groups in total. The highest BCUT2D eigenvalue weighted by atomic mass is 79.9. The van der Waals surface area contributed by atoms with Crippen LogP contribution in [-0.4, -0.2) is 10.1 Å². The van der Waals surface area contributed by atoms with Crippen LogP contribution in [-0.2, 0) is 0 Å². The SMILES string of the molecule is Nc1ccc(-c2nc(C3CCCCCC3)no2)cc1Br. The van der Waals surface area contributed by atoms with E-state index in [9.17, 15) is 0 Å². The topological polar surface area (TPSA) is 64.9 Å². The van der Waals surface area contributed by atoms with Crippen LogP contribution in [0.2, 0.25) is 0 Å². The van der Waals surface area contributed by atoms with Gasteiger partial charge in [0.05, 0.1) is 0 Å². The Morgan fingerprint density at radius 3 is 2.60 bits per heavy atom. The Bertz CT molecular complexity index is 589. The molecule has 0 amide bonds. The Morgan fingerprint density at radius 2 is 1.90 bits per heavy atom. The molecule has 1 aliphatic carbocycles. The van der Waals surface area contributed by atoms with Crippen LogP contribution < -0.4 is 5.73 Å². The maximum absolute atomic E-state index is 5.79. The van der Waals surface area contributed by atoms with Crippen LogP contribution in [0.25, 0.3) is 11.5 Å². The summed E-state index contributed by atoms with van der Waals surface area (Å²) in [6, 6.07) is 5.67. The molecule has 3 rings (SSSR count). The molecule has 20 heavy (non-hydrogen) atoms. The monoisotopic (exact) mass is 335 g/mol. The second-order valence-corrected chi connectivity index (χ2v) is 6.24. The van der Waals surface area contributed by atoms with Crippen LogP contribution in [0.5, 0.6) is 0 Å². The fraction of sp³-hybridized carbons (Fsp3) is 0.467. The fourth-order valence-corrected chi connectivity index (χ4v) is 3.09. The first-order chi connectivity index (χ1) is 9.74. The van der Waals surface area contributed by atoms with Crippen LogP contribution in [0, 0.1) is 0 Å². The van der Waals surface area contributed by atoms with Gasteiger partial charge in [0.15, 0.2) is 5.82 Å². The molecule has 0 spiro atoms. The van der Waals surface area contributed by atoms with E-state index in [1.165, 1.54) is 38.5 Å². The summed E-state index contributed by atoms with van der Waals surface area (Å²) in [6.07, 6.45) is 7.52. The molecule has 1 aromatic heterocycles. The van der Waals surface area contributed by atoms with Gasteiger partial charge < -0.3 is 10.3 Å². The molecule has 5 heteroatoms. The Labute approximate surface area is 126 Å². The van der Waals surface area contributed by atoms with Crippen LogP contribution in [0.15, 0.2) is 27.2 Å². The molecule has 0 atom stereocenters. The van der Waals surface area contributed by atoms with Gasteiger partial charge in [0.1, 0.15) is 0 Å². The summed E-state index contributed by atoms with van der Waals surface area (Å²) in [5, 5.41) is 4.18. The summed E-state index contributed by atoms with van der Waals surface area (Å²) in [5.74, 6) is 1.88. The smallest absolute Gasteiger partial charge is 0.257 e. The lowest BCUT2D eigenvalue weighted by Gasteiger charge is -2.07. The van der Waals surface area contributed by atoms with E-state index >= 15 is 0 Å². The third-order valence-corrected chi connectivity index (χ3v) is 4.60. The predicted molar refractivity (Wildman–Crippen MR) is 82.3 cm³/mol. The van der Waals surface area contributed by atoms with Gasteiger partial charge >= 0.3 is 0 Å². The first-order valence-corrected chi connectivity index (χ1v) is 7.92. The number of aromatic nitrogens is 2. The highest BCUT2D eigenvalue weighted by Crippen LogP contribution is 2.32. The van der Waals surface area contributed by atoms with Gasteiger partial charge in [-0.3, -0.25) is 0 Å². The van der Waals surface area contributed by atoms with E-state index in [0.29, 0.717) is 17.5 Å². The van der Waals surface area contributed by atoms with Gasteiger partial charge in [-0.2, -0.15) is 4.98 Å². The molecule has 1 fully saturated rings. The Balaban J connectivity index is 1.83. The van der Waals surface area contributed by atoms with Crippen molar-refractivity contribution in [3.05, 3.63) is 28.5 Å². The lowest BCUT2D eigenvalue weighted by Crippen LogP contribution is -1.99. The zero-order chi connectivity index (χ0) is 13.9. The van der Waals surface area contributed by atoms with E-state index in [0.717, 1.165) is 15.9 Å². The minimum atomic E-state index is 0.451. The largest absolute Gasteiger partial charge is 0.398 e. The maximum atomic E-state index is 5.79.